The van der Waals surface area contributed by atoms with Gasteiger partial charge in [-0.3, -0.25) is 19.3 Å². The summed E-state index contributed by atoms with van der Waals surface area (Å²) in [4.78, 5) is 48.3. The first kappa shape index (κ1) is 14.7. The average Bonchev–Trinajstić information content (AvgIpc) is 2.69. The third kappa shape index (κ3) is 3.42. The molecule has 2 rings (SSSR count). The van der Waals surface area contributed by atoms with Gasteiger partial charge in [0, 0.05) is 0 Å². The molecule has 0 aromatic carbocycles. The highest BCUT2D eigenvalue weighted by molar-refractivity contribution is 7.51. The summed E-state index contributed by atoms with van der Waals surface area (Å²) in [6.45, 7) is -0.0457. The minimum atomic E-state index is -4.17. The van der Waals surface area contributed by atoms with Gasteiger partial charge in [-0.05, 0) is 6.42 Å². The van der Waals surface area contributed by atoms with Crippen molar-refractivity contribution in [1.29, 1.82) is 0 Å². The highest BCUT2D eigenvalue weighted by Crippen LogP contribution is 2.35. The van der Waals surface area contributed by atoms with Crippen LogP contribution in [0.2, 0.25) is 0 Å². The van der Waals surface area contributed by atoms with Gasteiger partial charge < -0.3 is 19.5 Å². The molecule has 2 heterocycles. The number of aliphatic hydroxyl groups excluding tert-OH is 1. The number of hydrogen-bond acceptors (Lipinski definition) is 5. The topological polar surface area (TPSA) is 161 Å². The Labute approximate surface area is 111 Å². The van der Waals surface area contributed by atoms with E-state index in [1.54, 1.807) is 0 Å². The van der Waals surface area contributed by atoms with Crippen molar-refractivity contribution < 1.29 is 19.5 Å². The van der Waals surface area contributed by atoms with E-state index in [9.17, 15) is 19.3 Å². The van der Waals surface area contributed by atoms with Gasteiger partial charge in [-0.25, -0.2) is 9.78 Å². The Morgan fingerprint density at radius 3 is 2.70 bits per heavy atom. The van der Waals surface area contributed by atoms with E-state index < -0.39 is 31.1 Å². The number of aromatic nitrogens is 4. The molecular weight excluding hydrogens is 291 g/mol. The molecule has 0 amide bonds. The molecule has 10 nitrogen and oxygen atoms in total. The first-order chi connectivity index (χ1) is 9.26. The SMILES string of the molecule is O=c1[nH]c(=O)c2ncn(C[C@@H](O)CCP(=O)(O)O)c2[nH]1. The van der Waals surface area contributed by atoms with Gasteiger partial charge in [0.15, 0.2) is 5.52 Å². The predicted octanol–water partition coefficient (Wildman–Crippen LogP) is -1.66. The Morgan fingerprint density at radius 1 is 1.35 bits per heavy atom. The van der Waals surface area contributed by atoms with Crippen LogP contribution in [-0.4, -0.2) is 46.7 Å². The number of H-pyrrole nitrogens is 2. The lowest BCUT2D eigenvalue weighted by molar-refractivity contribution is 0.149. The number of nitrogens with zero attached hydrogens (tertiary/aromatic N) is 2. The molecule has 2 aromatic rings. The molecule has 20 heavy (non-hydrogen) atoms. The molecule has 110 valence electrons. The van der Waals surface area contributed by atoms with Crippen LogP contribution < -0.4 is 11.2 Å². The van der Waals surface area contributed by atoms with Crippen molar-refractivity contribution in [2.45, 2.75) is 19.1 Å². The van der Waals surface area contributed by atoms with E-state index in [1.165, 1.54) is 10.9 Å². The van der Waals surface area contributed by atoms with Crippen LogP contribution in [0.3, 0.4) is 0 Å². The molecule has 0 aliphatic rings. The van der Waals surface area contributed by atoms with E-state index in [0.29, 0.717) is 0 Å². The number of fused-ring (bicyclic) bond motifs is 1. The second-order valence-electron chi connectivity index (χ2n) is 4.33. The van der Waals surface area contributed by atoms with Crippen LogP contribution in [-0.2, 0) is 11.1 Å². The molecule has 0 saturated carbocycles. The number of nitrogens with one attached hydrogen (secondary N) is 2. The van der Waals surface area contributed by atoms with Gasteiger partial charge in [0.05, 0.1) is 25.1 Å². The Balaban J connectivity index is 2.20. The molecule has 5 N–H and O–H groups in total. The van der Waals surface area contributed by atoms with Crippen molar-refractivity contribution in [2.24, 2.45) is 0 Å². The Morgan fingerprint density at radius 2 is 2.05 bits per heavy atom. The summed E-state index contributed by atoms with van der Waals surface area (Å²) in [6.07, 6.45) is -0.339. The summed E-state index contributed by atoms with van der Waals surface area (Å²) in [7, 11) is -4.17. The van der Waals surface area contributed by atoms with Crippen molar-refractivity contribution >= 4 is 18.8 Å². The van der Waals surface area contributed by atoms with Gasteiger partial charge in [-0.2, -0.15) is 0 Å². The molecule has 0 fully saturated rings. The van der Waals surface area contributed by atoms with Crippen molar-refractivity contribution in [3.05, 3.63) is 27.2 Å². The quantitative estimate of drug-likeness (QED) is 0.413. The van der Waals surface area contributed by atoms with Crippen molar-refractivity contribution in [1.82, 2.24) is 19.5 Å². The van der Waals surface area contributed by atoms with Gasteiger partial charge in [-0.1, -0.05) is 0 Å². The Kier molecular flexibility index (Phi) is 3.91. The van der Waals surface area contributed by atoms with E-state index in [2.05, 4.69) is 9.97 Å². The maximum atomic E-state index is 11.4. The average molecular weight is 304 g/mol. The molecule has 0 unspecified atom stereocenters. The van der Waals surface area contributed by atoms with Crippen molar-refractivity contribution in [3.63, 3.8) is 0 Å². The molecule has 0 spiro atoms. The Hall–Kier alpha value is -1.74. The number of hydrogen-bond donors (Lipinski definition) is 5. The molecular formula is C9H13N4O6P. The highest BCUT2D eigenvalue weighted by atomic mass is 31.2. The van der Waals surface area contributed by atoms with E-state index >= 15 is 0 Å². The fraction of sp³-hybridized carbons (Fsp3) is 0.444. The summed E-state index contributed by atoms with van der Waals surface area (Å²) in [5.41, 5.74) is -1.18. The van der Waals surface area contributed by atoms with Crippen molar-refractivity contribution in [2.75, 3.05) is 6.16 Å². The minimum Gasteiger partial charge on any atom is -0.391 e. The number of aliphatic hydroxyl groups is 1. The lowest BCUT2D eigenvalue weighted by Gasteiger charge is -2.12. The molecule has 0 aliphatic heterocycles. The zero-order chi connectivity index (χ0) is 14.9. The lowest BCUT2D eigenvalue weighted by atomic mass is 10.3. The molecule has 0 saturated heterocycles. The van der Waals surface area contributed by atoms with Crippen LogP contribution in [0, 0.1) is 0 Å². The second-order valence-corrected chi connectivity index (χ2v) is 6.11. The third-order valence-electron chi connectivity index (χ3n) is 2.67. The predicted molar refractivity (Wildman–Crippen MR) is 68.5 cm³/mol. The summed E-state index contributed by atoms with van der Waals surface area (Å²) in [5.74, 6) is 0. The summed E-state index contributed by atoms with van der Waals surface area (Å²) in [6, 6.07) is 0. The molecule has 2 aromatic heterocycles. The van der Waals surface area contributed by atoms with Crippen LogP contribution in [0.4, 0.5) is 0 Å². The standard InChI is InChI=1S/C9H13N4O6P/c14-5(1-2-20(17,18)19)3-13-4-10-6-7(13)11-9(16)12-8(6)15/h4-5,14H,1-3H2,(H2,17,18,19)(H2,11,12,15,16)/t5-/m0/s1. The number of imidazole rings is 1. The van der Waals surface area contributed by atoms with Gasteiger partial charge in [0.2, 0.25) is 0 Å². The molecule has 0 radical (unpaired) electrons. The van der Waals surface area contributed by atoms with E-state index in [1.807, 2.05) is 4.98 Å². The van der Waals surface area contributed by atoms with E-state index in [-0.39, 0.29) is 24.1 Å². The number of aromatic amines is 2. The first-order valence-electron chi connectivity index (χ1n) is 5.66. The van der Waals surface area contributed by atoms with Gasteiger partial charge in [0.25, 0.3) is 5.56 Å². The maximum absolute atomic E-state index is 11.4. The smallest absolute Gasteiger partial charge is 0.327 e. The van der Waals surface area contributed by atoms with Gasteiger partial charge in [-0.15, -0.1) is 0 Å². The second kappa shape index (κ2) is 5.33. The summed E-state index contributed by atoms with van der Waals surface area (Å²) in [5, 5.41) is 9.71. The van der Waals surface area contributed by atoms with Crippen LogP contribution in [0.5, 0.6) is 0 Å². The van der Waals surface area contributed by atoms with Crippen LogP contribution in [0.1, 0.15) is 6.42 Å². The molecule has 0 aliphatic carbocycles. The normalized spacial score (nSPS) is 13.8. The van der Waals surface area contributed by atoms with E-state index in [4.69, 9.17) is 9.79 Å². The van der Waals surface area contributed by atoms with Crippen LogP contribution >= 0.6 is 7.60 Å². The molecule has 11 heteroatoms. The van der Waals surface area contributed by atoms with E-state index in [0.717, 1.165) is 0 Å². The zero-order valence-corrected chi connectivity index (χ0v) is 11.1. The summed E-state index contributed by atoms with van der Waals surface area (Å²) >= 11 is 0. The minimum absolute atomic E-state index is 0.0202. The highest BCUT2D eigenvalue weighted by Gasteiger charge is 2.17. The maximum Gasteiger partial charge on any atom is 0.327 e. The van der Waals surface area contributed by atoms with Crippen LogP contribution in [0.15, 0.2) is 15.9 Å². The van der Waals surface area contributed by atoms with Crippen molar-refractivity contribution in [3.8, 4) is 0 Å². The zero-order valence-electron chi connectivity index (χ0n) is 10.2. The molecule has 1 atom stereocenters. The molecule has 0 bridgehead atoms. The largest absolute Gasteiger partial charge is 0.391 e. The summed E-state index contributed by atoms with van der Waals surface area (Å²) < 4.78 is 12.1. The Bertz CT molecular complexity index is 771. The van der Waals surface area contributed by atoms with Gasteiger partial charge >= 0.3 is 13.3 Å². The third-order valence-corrected chi connectivity index (χ3v) is 3.51. The first-order valence-corrected chi connectivity index (χ1v) is 7.46. The van der Waals surface area contributed by atoms with Gasteiger partial charge in [0.1, 0.15) is 5.65 Å². The number of rotatable bonds is 5. The lowest BCUT2D eigenvalue weighted by Crippen LogP contribution is -2.24. The van der Waals surface area contributed by atoms with Crippen LogP contribution in [0.25, 0.3) is 11.2 Å². The monoisotopic (exact) mass is 304 g/mol. The fourth-order valence-electron chi connectivity index (χ4n) is 1.75. The fourth-order valence-corrected chi connectivity index (χ4v) is 2.39.